The highest BCUT2D eigenvalue weighted by atomic mass is 79.9. The Balaban J connectivity index is 2.81. The lowest BCUT2D eigenvalue weighted by atomic mass is 10.4. The van der Waals surface area contributed by atoms with E-state index in [1.165, 1.54) is 0 Å². The molecule has 5 heteroatoms. The summed E-state index contributed by atoms with van der Waals surface area (Å²) in [6.45, 7) is 1.00. The molecule has 0 aliphatic rings. The average molecular weight is 296 g/mol. The molecule has 0 fully saturated rings. The maximum absolute atomic E-state index is 5.36. The van der Waals surface area contributed by atoms with E-state index in [1.807, 2.05) is 0 Å². The van der Waals surface area contributed by atoms with Crippen molar-refractivity contribution in [3.05, 3.63) is 21.3 Å². The van der Waals surface area contributed by atoms with Crippen molar-refractivity contribution >= 4 is 31.9 Å². The minimum absolute atomic E-state index is 0.501. The van der Waals surface area contributed by atoms with Gasteiger partial charge in [-0.05, 0) is 31.9 Å². The number of nitrogens with two attached hydrogens (primary N) is 1. The van der Waals surface area contributed by atoms with Crippen LogP contribution in [-0.4, -0.2) is 18.1 Å². The summed E-state index contributed by atoms with van der Waals surface area (Å²) in [6, 6.07) is 0. The van der Waals surface area contributed by atoms with Crippen molar-refractivity contribution in [3.8, 4) is 5.75 Å². The van der Waals surface area contributed by atoms with E-state index in [0.717, 1.165) is 14.7 Å². The Morgan fingerprint density at radius 2 is 1.92 bits per heavy atom. The Hall–Kier alpha value is -0.130. The molecular formula is C7H8Br2N2O. The Morgan fingerprint density at radius 1 is 1.33 bits per heavy atom. The Labute approximate surface area is 87.6 Å². The van der Waals surface area contributed by atoms with Crippen LogP contribution in [0.15, 0.2) is 21.3 Å². The lowest BCUT2D eigenvalue weighted by molar-refractivity contribution is 0.324. The maximum Gasteiger partial charge on any atom is 0.150 e. The SMILES string of the molecule is NCCOc1c(Br)cncc1Br. The third-order valence-corrected chi connectivity index (χ3v) is 2.30. The predicted molar refractivity (Wildman–Crippen MR) is 54.2 cm³/mol. The number of pyridine rings is 1. The molecule has 66 valence electrons. The molecule has 0 aliphatic carbocycles. The zero-order valence-electron chi connectivity index (χ0n) is 6.26. The lowest BCUT2D eigenvalue weighted by Gasteiger charge is -2.07. The van der Waals surface area contributed by atoms with Crippen molar-refractivity contribution in [2.75, 3.05) is 13.2 Å². The Bertz CT molecular complexity index is 247. The fourth-order valence-electron chi connectivity index (χ4n) is 0.698. The summed E-state index contributed by atoms with van der Waals surface area (Å²) >= 11 is 6.64. The number of rotatable bonds is 3. The van der Waals surface area contributed by atoms with Crippen molar-refractivity contribution in [1.82, 2.24) is 4.98 Å². The first-order valence-corrected chi connectivity index (χ1v) is 4.96. The van der Waals surface area contributed by atoms with Crippen molar-refractivity contribution < 1.29 is 4.74 Å². The molecule has 12 heavy (non-hydrogen) atoms. The molecule has 1 aromatic rings. The highest BCUT2D eigenvalue weighted by Crippen LogP contribution is 2.31. The minimum Gasteiger partial charge on any atom is -0.490 e. The summed E-state index contributed by atoms with van der Waals surface area (Å²) in [4.78, 5) is 3.95. The second-order valence-electron chi connectivity index (χ2n) is 2.07. The first kappa shape index (κ1) is 9.95. The molecule has 0 bridgehead atoms. The topological polar surface area (TPSA) is 48.1 Å². The van der Waals surface area contributed by atoms with Crippen LogP contribution < -0.4 is 10.5 Å². The van der Waals surface area contributed by atoms with Gasteiger partial charge in [0.1, 0.15) is 6.61 Å². The van der Waals surface area contributed by atoms with Gasteiger partial charge >= 0.3 is 0 Å². The molecule has 0 amide bonds. The van der Waals surface area contributed by atoms with Gasteiger partial charge in [-0.1, -0.05) is 0 Å². The van der Waals surface area contributed by atoms with Crippen LogP contribution >= 0.6 is 31.9 Å². The molecule has 0 atom stereocenters. The number of hydrogen-bond acceptors (Lipinski definition) is 3. The van der Waals surface area contributed by atoms with Crippen molar-refractivity contribution in [1.29, 1.82) is 0 Å². The van der Waals surface area contributed by atoms with Crippen molar-refractivity contribution in [3.63, 3.8) is 0 Å². The normalized spacial score (nSPS) is 9.92. The summed E-state index contributed by atoms with van der Waals surface area (Å²) in [6.07, 6.45) is 3.35. The van der Waals surface area contributed by atoms with E-state index in [4.69, 9.17) is 10.5 Å². The molecule has 0 aromatic carbocycles. The van der Waals surface area contributed by atoms with Crippen molar-refractivity contribution in [2.45, 2.75) is 0 Å². The van der Waals surface area contributed by atoms with E-state index in [-0.39, 0.29) is 0 Å². The standard InChI is InChI=1S/C7H8Br2N2O/c8-5-3-11-4-6(9)7(5)12-2-1-10/h3-4H,1-2,10H2. The van der Waals surface area contributed by atoms with E-state index in [9.17, 15) is 0 Å². The van der Waals surface area contributed by atoms with Crippen LogP contribution in [0.1, 0.15) is 0 Å². The largest absolute Gasteiger partial charge is 0.490 e. The fraction of sp³-hybridized carbons (Fsp3) is 0.286. The highest BCUT2D eigenvalue weighted by Gasteiger charge is 2.05. The van der Waals surface area contributed by atoms with Gasteiger partial charge in [-0.3, -0.25) is 4.98 Å². The fourth-order valence-corrected chi connectivity index (χ4v) is 1.86. The molecule has 1 heterocycles. The maximum atomic E-state index is 5.36. The van der Waals surface area contributed by atoms with Gasteiger partial charge in [0.2, 0.25) is 0 Å². The lowest BCUT2D eigenvalue weighted by Crippen LogP contribution is -2.11. The quantitative estimate of drug-likeness (QED) is 0.927. The number of hydrogen-bond donors (Lipinski definition) is 1. The minimum atomic E-state index is 0.501. The number of nitrogens with zero attached hydrogens (tertiary/aromatic N) is 1. The number of halogens is 2. The molecule has 1 aromatic heterocycles. The van der Waals surface area contributed by atoms with Gasteiger partial charge in [0, 0.05) is 18.9 Å². The van der Waals surface area contributed by atoms with E-state index >= 15 is 0 Å². The summed E-state index contributed by atoms with van der Waals surface area (Å²) in [7, 11) is 0. The van der Waals surface area contributed by atoms with Gasteiger partial charge in [0.25, 0.3) is 0 Å². The number of ether oxygens (including phenoxy) is 1. The second-order valence-corrected chi connectivity index (χ2v) is 3.78. The van der Waals surface area contributed by atoms with Gasteiger partial charge < -0.3 is 10.5 Å². The molecule has 3 nitrogen and oxygen atoms in total. The molecule has 0 aliphatic heterocycles. The zero-order valence-corrected chi connectivity index (χ0v) is 9.43. The summed E-state index contributed by atoms with van der Waals surface area (Å²) < 4.78 is 7.01. The number of aromatic nitrogens is 1. The summed E-state index contributed by atoms with van der Waals surface area (Å²) in [5, 5.41) is 0. The van der Waals surface area contributed by atoms with Gasteiger partial charge in [-0.2, -0.15) is 0 Å². The second kappa shape index (κ2) is 4.79. The first-order chi connectivity index (χ1) is 5.75. The van der Waals surface area contributed by atoms with Gasteiger partial charge in [-0.15, -0.1) is 0 Å². The third kappa shape index (κ3) is 2.43. The summed E-state index contributed by atoms with van der Waals surface area (Å²) in [5.74, 6) is 0.746. The first-order valence-electron chi connectivity index (χ1n) is 3.37. The van der Waals surface area contributed by atoms with Gasteiger partial charge in [0.15, 0.2) is 5.75 Å². The molecule has 0 unspecified atom stereocenters. The highest BCUT2D eigenvalue weighted by molar-refractivity contribution is 9.11. The Kier molecular flexibility index (Phi) is 3.97. The summed E-state index contributed by atoms with van der Waals surface area (Å²) in [5.41, 5.74) is 5.31. The van der Waals surface area contributed by atoms with Crippen LogP contribution in [0.2, 0.25) is 0 Å². The molecule has 0 radical (unpaired) electrons. The predicted octanol–water partition coefficient (Wildman–Crippen LogP) is 1.94. The molecule has 2 N–H and O–H groups in total. The smallest absolute Gasteiger partial charge is 0.150 e. The van der Waals surface area contributed by atoms with E-state index in [0.29, 0.717) is 13.2 Å². The van der Waals surface area contributed by atoms with E-state index in [1.54, 1.807) is 12.4 Å². The van der Waals surface area contributed by atoms with Gasteiger partial charge in [-0.25, -0.2) is 0 Å². The van der Waals surface area contributed by atoms with E-state index < -0.39 is 0 Å². The third-order valence-electron chi connectivity index (χ3n) is 1.17. The average Bonchev–Trinajstić information content (AvgIpc) is 2.04. The molecule has 0 spiro atoms. The molecule has 0 saturated heterocycles. The van der Waals surface area contributed by atoms with Crippen molar-refractivity contribution in [2.24, 2.45) is 5.73 Å². The molecule has 0 saturated carbocycles. The monoisotopic (exact) mass is 294 g/mol. The van der Waals surface area contributed by atoms with Crippen LogP contribution in [0.25, 0.3) is 0 Å². The van der Waals surface area contributed by atoms with Crippen LogP contribution in [-0.2, 0) is 0 Å². The van der Waals surface area contributed by atoms with Crippen LogP contribution in [0, 0.1) is 0 Å². The van der Waals surface area contributed by atoms with Crippen LogP contribution in [0.5, 0.6) is 5.75 Å². The van der Waals surface area contributed by atoms with Crippen LogP contribution in [0.3, 0.4) is 0 Å². The molecular weight excluding hydrogens is 288 g/mol. The van der Waals surface area contributed by atoms with E-state index in [2.05, 4.69) is 36.8 Å². The zero-order chi connectivity index (χ0) is 8.97. The van der Waals surface area contributed by atoms with Crippen LogP contribution in [0.4, 0.5) is 0 Å². The van der Waals surface area contributed by atoms with Gasteiger partial charge in [0.05, 0.1) is 8.95 Å². The molecule has 1 rings (SSSR count). The Morgan fingerprint density at radius 3 is 2.42 bits per heavy atom.